The molecule has 0 radical (unpaired) electrons. The van der Waals surface area contributed by atoms with E-state index in [-0.39, 0.29) is 5.91 Å². The number of nitrogens with zero attached hydrogens (tertiary/aromatic N) is 2. The molecule has 1 fully saturated rings. The van der Waals surface area contributed by atoms with E-state index >= 15 is 0 Å². The molecule has 6 nitrogen and oxygen atoms in total. The Hall–Kier alpha value is -2.44. The van der Waals surface area contributed by atoms with E-state index in [4.69, 9.17) is 21.1 Å². The highest BCUT2D eigenvalue weighted by atomic mass is 35.5. The van der Waals surface area contributed by atoms with Crippen molar-refractivity contribution in [2.45, 2.75) is 0 Å². The number of para-hydroxylation sites is 1. The molecule has 2 aromatic carbocycles. The highest BCUT2D eigenvalue weighted by molar-refractivity contribution is 6.33. The third-order valence-corrected chi connectivity index (χ3v) is 5.08. The van der Waals surface area contributed by atoms with Crippen LogP contribution in [0.15, 0.2) is 42.5 Å². The van der Waals surface area contributed by atoms with Crippen molar-refractivity contribution in [2.75, 3.05) is 56.2 Å². The second-order valence-corrected chi connectivity index (χ2v) is 7.03. The number of amides is 1. The van der Waals surface area contributed by atoms with Crippen molar-refractivity contribution in [3.8, 4) is 11.5 Å². The van der Waals surface area contributed by atoms with Crippen molar-refractivity contribution in [3.05, 3.63) is 47.5 Å². The van der Waals surface area contributed by atoms with E-state index in [0.717, 1.165) is 48.3 Å². The lowest BCUT2D eigenvalue weighted by atomic mass is 10.2. The van der Waals surface area contributed by atoms with Gasteiger partial charge in [0.15, 0.2) is 11.5 Å². The molecule has 27 heavy (non-hydrogen) atoms. The molecular weight excluding hydrogens is 366 g/mol. The largest absolute Gasteiger partial charge is 0.486 e. The summed E-state index contributed by atoms with van der Waals surface area (Å²) in [4.78, 5) is 16.8. The minimum absolute atomic E-state index is 0.0297. The molecule has 4 rings (SSSR count). The summed E-state index contributed by atoms with van der Waals surface area (Å²) in [5.41, 5.74) is 1.78. The number of carbonyl (C=O) groups is 1. The van der Waals surface area contributed by atoms with Gasteiger partial charge in [-0.25, -0.2) is 0 Å². The Balaban J connectivity index is 1.29. The number of hydrogen-bond acceptors (Lipinski definition) is 5. The van der Waals surface area contributed by atoms with Gasteiger partial charge in [-0.3, -0.25) is 9.69 Å². The molecule has 1 saturated heterocycles. The lowest BCUT2D eigenvalue weighted by Gasteiger charge is -2.36. The van der Waals surface area contributed by atoms with Crippen LogP contribution in [-0.4, -0.2) is 56.7 Å². The normalized spacial score (nSPS) is 16.9. The zero-order chi connectivity index (χ0) is 18.6. The molecule has 0 atom stereocenters. The molecule has 1 N–H and O–H groups in total. The Bertz CT molecular complexity index is 822. The molecule has 1 amide bonds. The number of fused-ring (bicyclic) bond motifs is 1. The average Bonchev–Trinajstić information content (AvgIpc) is 2.69. The maximum absolute atomic E-state index is 12.4. The van der Waals surface area contributed by atoms with Crippen LogP contribution in [0.3, 0.4) is 0 Å². The molecule has 0 aliphatic carbocycles. The predicted octanol–water partition coefficient (Wildman–Crippen LogP) is 2.87. The first-order valence-electron chi connectivity index (χ1n) is 9.10. The quantitative estimate of drug-likeness (QED) is 0.874. The summed E-state index contributed by atoms with van der Waals surface area (Å²) in [7, 11) is 0. The summed E-state index contributed by atoms with van der Waals surface area (Å²) in [5, 5.41) is 3.71. The Kier molecular flexibility index (Phi) is 5.36. The van der Waals surface area contributed by atoms with E-state index in [9.17, 15) is 4.79 Å². The topological polar surface area (TPSA) is 54.0 Å². The minimum atomic E-state index is -0.0297. The first-order chi connectivity index (χ1) is 13.2. The van der Waals surface area contributed by atoms with Crippen LogP contribution in [0.2, 0.25) is 5.02 Å². The fourth-order valence-corrected chi connectivity index (χ4v) is 3.64. The monoisotopic (exact) mass is 387 g/mol. The van der Waals surface area contributed by atoms with Crippen molar-refractivity contribution in [2.24, 2.45) is 0 Å². The molecule has 142 valence electrons. The maximum Gasteiger partial charge on any atom is 0.238 e. The number of rotatable bonds is 4. The number of benzene rings is 2. The van der Waals surface area contributed by atoms with Crippen LogP contribution in [0.4, 0.5) is 11.4 Å². The fourth-order valence-electron chi connectivity index (χ4n) is 3.38. The fraction of sp³-hybridized carbons (Fsp3) is 0.350. The summed E-state index contributed by atoms with van der Waals surface area (Å²) < 4.78 is 11.1. The number of carbonyl (C=O) groups excluding carboxylic acids is 1. The van der Waals surface area contributed by atoms with Gasteiger partial charge in [0.1, 0.15) is 13.2 Å². The van der Waals surface area contributed by atoms with E-state index < -0.39 is 0 Å². The van der Waals surface area contributed by atoms with Crippen molar-refractivity contribution < 1.29 is 14.3 Å². The number of nitrogens with one attached hydrogen (secondary N) is 1. The molecule has 2 aliphatic rings. The molecule has 2 aliphatic heterocycles. The van der Waals surface area contributed by atoms with Crippen molar-refractivity contribution in [1.29, 1.82) is 0 Å². The van der Waals surface area contributed by atoms with Crippen LogP contribution in [0, 0.1) is 0 Å². The highest BCUT2D eigenvalue weighted by Gasteiger charge is 2.21. The molecule has 2 heterocycles. The van der Waals surface area contributed by atoms with Crippen LogP contribution >= 0.6 is 11.6 Å². The van der Waals surface area contributed by atoms with Crippen molar-refractivity contribution in [3.63, 3.8) is 0 Å². The van der Waals surface area contributed by atoms with Gasteiger partial charge in [-0.1, -0.05) is 23.7 Å². The lowest BCUT2D eigenvalue weighted by molar-refractivity contribution is -0.117. The molecule has 0 spiro atoms. The average molecular weight is 388 g/mol. The Morgan fingerprint density at radius 1 is 1.00 bits per heavy atom. The Morgan fingerprint density at radius 3 is 2.52 bits per heavy atom. The van der Waals surface area contributed by atoms with Gasteiger partial charge in [-0.2, -0.15) is 0 Å². The summed E-state index contributed by atoms with van der Waals surface area (Å²) in [6, 6.07) is 13.3. The van der Waals surface area contributed by atoms with Crippen molar-refractivity contribution >= 4 is 28.9 Å². The van der Waals surface area contributed by atoms with Crippen LogP contribution in [0.25, 0.3) is 0 Å². The summed E-state index contributed by atoms with van der Waals surface area (Å²) in [6.45, 7) is 4.78. The summed E-state index contributed by atoms with van der Waals surface area (Å²) in [6.07, 6.45) is 0. The van der Waals surface area contributed by atoms with Gasteiger partial charge < -0.3 is 19.7 Å². The molecule has 0 bridgehead atoms. The number of ether oxygens (including phenoxy) is 2. The van der Waals surface area contributed by atoms with Crippen LogP contribution in [0.5, 0.6) is 11.5 Å². The van der Waals surface area contributed by atoms with Gasteiger partial charge in [-0.05, 0) is 24.3 Å². The smallest absolute Gasteiger partial charge is 0.238 e. The van der Waals surface area contributed by atoms with Crippen LogP contribution < -0.4 is 19.7 Å². The van der Waals surface area contributed by atoms with E-state index in [1.165, 1.54) is 0 Å². The maximum atomic E-state index is 12.4. The molecule has 7 heteroatoms. The zero-order valence-electron chi connectivity index (χ0n) is 15.0. The van der Waals surface area contributed by atoms with E-state index in [1.54, 1.807) is 0 Å². The van der Waals surface area contributed by atoms with Crippen LogP contribution in [0.1, 0.15) is 0 Å². The van der Waals surface area contributed by atoms with Gasteiger partial charge in [0.05, 0.1) is 17.3 Å². The summed E-state index contributed by atoms with van der Waals surface area (Å²) >= 11 is 6.28. The highest BCUT2D eigenvalue weighted by Crippen LogP contribution is 2.32. The summed E-state index contributed by atoms with van der Waals surface area (Å²) in [5.74, 6) is 1.36. The van der Waals surface area contributed by atoms with Gasteiger partial charge in [0.2, 0.25) is 5.91 Å². The molecular formula is C20H22ClN3O3. The van der Waals surface area contributed by atoms with E-state index in [1.807, 2.05) is 42.5 Å². The number of halogens is 1. The van der Waals surface area contributed by atoms with Gasteiger partial charge in [-0.15, -0.1) is 0 Å². The molecule has 0 unspecified atom stereocenters. The number of hydrogen-bond donors (Lipinski definition) is 1. The first-order valence-corrected chi connectivity index (χ1v) is 9.48. The Labute approximate surface area is 163 Å². The van der Waals surface area contributed by atoms with Gasteiger partial charge in [0, 0.05) is 37.9 Å². The van der Waals surface area contributed by atoms with E-state index in [2.05, 4.69) is 15.1 Å². The van der Waals surface area contributed by atoms with Crippen LogP contribution in [-0.2, 0) is 4.79 Å². The second kappa shape index (κ2) is 8.06. The lowest BCUT2D eigenvalue weighted by Crippen LogP contribution is -2.48. The first kappa shape index (κ1) is 17.9. The molecule has 0 aromatic heterocycles. The van der Waals surface area contributed by atoms with Crippen molar-refractivity contribution in [1.82, 2.24) is 4.90 Å². The number of anilines is 2. The van der Waals surface area contributed by atoms with Gasteiger partial charge >= 0.3 is 0 Å². The predicted molar refractivity (Wildman–Crippen MR) is 106 cm³/mol. The standard InChI is InChI=1S/C20H22ClN3O3/c21-16-3-1-2-4-17(16)24-9-7-23(8-10-24)14-20(25)22-15-5-6-18-19(13-15)27-12-11-26-18/h1-6,13H,7-12,14H2,(H,22,25). The Morgan fingerprint density at radius 2 is 1.74 bits per heavy atom. The zero-order valence-corrected chi connectivity index (χ0v) is 15.7. The van der Waals surface area contributed by atoms with E-state index in [0.29, 0.717) is 25.5 Å². The minimum Gasteiger partial charge on any atom is -0.486 e. The third-order valence-electron chi connectivity index (χ3n) is 4.76. The van der Waals surface area contributed by atoms with Gasteiger partial charge in [0.25, 0.3) is 0 Å². The molecule has 2 aromatic rings. The number of piperazine rings is 1. The third kappa shape index (κ3) is 4.28. The molecule has 0 saturated carbocycles. The SMILES string of the molecule is O=C(CN1CCN(c2ccccc2Cl)CC1)Nc1ccc2c(c1)OCCO2. The second-order valence-electron chi connectivity index (χ2n) is 6.62.